The molecule has 0 saturated carbocycles. The van der Waals surface area contributed by atoms with Gasteiger partial charge in [0, 0.05) is 6.54 Å². The van der Waals surface area contributed by atoms with Crippen molar-refractivity contribution in [3.05, 3.63) is 23.2 Å². The first kappa shape index (κ1) is 12.0. The zero-order valence-electron chi connectivity index (χ0n) is 10.4. The summed E-state index contributed by atoms with van der Waals surface area (Å²) < 4.78 is 16.5. The lowest BCUT2D eigenvalue weighted by atomic mass is 10.1. The second-order valence-electron chi connectivity index (χ2n) is 3.92. The molecule has 1 aromatic carbocycles. The molecule has 2 heterocycles. The minimum Gasteiger partial charge on any atom is -0.493 e. The Morgan fingerprint density at radius 3 is 3.05 bits per heavy atom. The predicted molar refractivity (Wildman–Crippen MR) is 71.2 cm³/mol. The van der Waals surface area contributed by atoms with E-state index in [1.165, 1.54) is 11.3 Å². The van der Waals surface area contributed by atoms with Crippen molar-refractivity contribution < 1.29 is 14.2 Å². The van der Waals surface area contributed by atoms with E-state index in [2.05, 4.69) is 15.5 Å². The Morgan fingerprint density at radius 2 is 2.26 bits per heavy atom. The molecule has 0 amide bonds. The van der Waals surface area contributed by atoms with Crippen LogP contribution in [0.1, 0.15) is 5.56 Å². The van der Waals surface area contributed by atoms with Gasteiger partial charge in [-0.05, 0) is 17.7 Å². The third-order valence-corrected chi connectivity index (χ3v) is 3.34. The van der Waals surface area contributed by atoms with Gasteiger partial charge >= 0.3 is 0 Å². The normalized spacial score (nSPS) is 13.1. The van der Waals surface area contributed by atoms with Gasteiger partial charge in [0.2, 0.25) is 10.9 Å². The summed E-state index contributed by atoms with van der Waals surface area (Å²) in [6.45, 7) is 1.73. The number of rotatable bonds is 4. The Labute approximate surface area is 114 Å². The summed E-state index contributed by atoms with van der Waals surface area (Å²) in [6, 6.07) is 3.88. The standard InChI is InChI=1S/C12H13N3O3S/c1-16-9-4-8(6-13-12-15-14-7-19-12)5-10-11(9)18-3-2-17-10/h4-5,7H,2-3,6H2,1H3,(H,13,15). The van der Waals surface area contributed by atoms with Crippen LogP contribution >= 0.6 is 11.3 Å². The van der Waals surface area contributed by atoms with Crippen molar-refractivity contribution in [2.75, 3.05) is 25.6 Å². The zero-order chi connectivity index (χ0) is 13.1. The van der Waals surface area contributed by atoms with Crippen LogP contribution in [0.4, 0.5) is 5.13 Å². The van der Waals surface area contributed by atoms with E-state index in [0.29, 0.717) is 31.3 Å². The predicted octanol–water partition coefficient (Wildman–Crippen LogP) is 1.93. The van der Waals surface area contributed by atoms with Crippen molar-refractivity contribution in [2.24, 2.45) is 0 Å². The summed E-state index contributed by atoms with van der Waals surface area (Å²) in [5, 5.41) is 11.7. The molecule has 19 heavy (non-hydrogen) atoms. The molecule has 0 atom stereocenters. The van der Waals surface area contributed by atoms with Crippen molar-refractivity contribution in [3.63, 3.8) is 0 Å². The molecule has 0 bridgehead atoms. The van der Waals surface area contributed by atoms with E-state index in [1.54, 1.807) is 12.6 Å². The average molecular weight is 279 g/mol. The molecule has 1 N–H and O–H groups in total. The number of fused-ring (bicyclic) bond motifs is 1. The number of hydrogen-bond donors (Lipinski definition) is 1. The number of aromatic nitrogens is 2. The Bertz CT molecular complexity index is 542. The average Bonchev–Trinajstić information content (AvgIpc) is 2.97. The molecule has 1 aliphatic heterocycles. The summed E-state index contributed by atoms with van der Waals surface area (Å²) >= 11 is 1.46. The van der Waals surface area contributed by atoms with Gasteiger partial charge in [0.15, 0.2) is 11.5 Å². The highest BCUT2D eigenvalue weighted by Gasteiger charge is 2.18. The van der Waals surface area contributed by atoms with Crippen molar-refractivity contribution in [1.82, 2.24) is 10.2 Å². The van der Waals surface area contributed by atoms with Crippen molar-refractivity contribution >= 4 is 16.5 Å². The van der Waals surface area contributed by atoms with Gasteiger partial charge in [-0.2, -0.15) is 0 Å². The minimum atomic E-state index is 0.547. The minimum absolute atomic E-state index is 0.547. The summed E-state index contributed by atoms with van der Waals surface area (Å²) in [7, 11) is 1.62. The second kappa shape index (κ2) is 5.31. The highest BCUT2D eigenvalue weighted by atomic mass is 32.1. The first-order valence-corrected chi connectivity index (χ1v) is 6.71. The monoisotopic (exact) mass is 279 g/mol. The van der Waals surface area contributed by atoms with Crippen LogP contribution in [0.15, 0.2) is 17.6 Å². The molecule has 1 aromatic heterocycles. The van der Waals surface area contributed by atoms with Crippen LogP contribution in [0.25, 0.3) is 0 Å². The second-order valence-corrected chi connectivity index (χ2v) is 4.75. The maximum atomic E-state index is 5.59. The van der Waals surface area contributed by atoms with E-state index in [0.717, 1.165) is 16.4 Å². The molecule has 1 aliphatic rings. The van der Waals surface area contributed by atoms with E-state index in [9.17, 15) is 0 Å². The number of nitrogens with zero attached hydrogens (tertiary/aromatic N) is 2. The molecular formula is C12H13N3O3S. The quantitative estimate of drug-likeness (QED) is 0.922. The molecule has 0 saturated heterocycles. The number of anilines is 1. The molecular weight excluding hydrogens is 266 g/mol. The van der Waals surface area contributed by atoms with Crippen LogP contribution in [0.5, 0.6) is 17.2 Å². The first-order chi connectivity index (χ1) is 9.36. The van der Waals surface area contributed by atoms with Crippen LogP contribution < -0.4 is 19.5 Å². The van der Waals surface area contributed by atoms with Crippen molar-refractivity contribution in [2.45, 2.75) is 6.54 Å². The third kappa shape index (κ3) is 2.55. The van der Waals surface area contributed by atoms with Crippen LogP contribution in [-0.4, -0.2) is 30.5 Å². The number of nitrogens with one attached hydrogen (secondary N) is 1. The van der Waals surface area contributed by atoms with Gasteiger partial charge < -0.3 is 19.5 Å². The lowest BCUT2D eigenvalue weighted by Crippen LogP contribution is -2.16. The van der Waals surface area contributed by atoms with Crippen LogP contribution in [0, 0.1) is 0 Å². The zero-order valence-corrected chi connectivity index (χ0v) is 11.2. The highest BCUT2D eigenvalue weighted by molar-refractivity contribution is 7.13. The van der Waals surface area contributed by atoms with E-state index in [1.807, 2.05) is 12.1 Å². The lowest BCUT2D eigenvalue weighted by molar-refractivity contribution is 0.165. The molecule has 0 unspecified atom stereocenters. The molecule has 7 heteroatoms. The SMILES string of the molecule is COc1cc(CNc2nncs2)cc2c1OCCO2. The molecule has 100 valence electrons. The fourth-order valence-electron chi connectivity index (χ4n) is 1.86. The number of methoxy groups -OCH3 is 1. The molecule has 0 radical (unpaired) electrons. The lowest BCUT2D eigenvalue weighted by Gasteiger charge is -2.21. The fraction of sp³-hybridized carbons (Fsp3) is 0.333. The van der Waals surface area contributed by atoms with Gasteiger partial charge in [-0.1, -0.05) is 11.3 Å². The van der Waals surface area contributed by atoms with Crippen molar-refractivity contribution in [1.29, 1.82) is 0 Å². The van der Waals surface area contributed by atoms with Gasteiger partial charge in [-0.15, -0.1) is 10.2 Å². The summed E-state index contributed by atoms with van der Waals surface area (Å²) in [6.07, 6.45) is 0. The van der Waals surface area contributed by atoms with Gasteiger partial charge in [0.05, 0.1) is 7.11 Å². The molecule has 0 fully saturated rings. The summed E-state index contributed by atoms with van der Waals surface area (Å²) in [5.41, 5.74) is 2.73. The van der Waals surface area contributed by atoms with Crippen LogP contribution in [0.2, 0.25) is 0 Å². The highest BCUT2D eigenvalue weighted by Crippen LogP contribution is 2.40. The topological polar surface area (TPSA) is 65.5 Å². The Hall–Kier alpha value is -2.02. The van der Waals surface area contributed by atoms with Crippen LogP contribution in [-0.2, 0) is 6.54 Å². The molecule has 6 nitrogen and oxygen atoms in total. The van der Waals surface area contributed by atoms with E-state index in [4.69, 9.17) is 14.2 Å². The van der Waals surface area contributed by atoms with E-state index < -0.39 is 0 Å². The fourth-order valence-corrected chi connectivity index (χ4v) is 2.30. The van der Waals surface area contributed by atoms with Gasteiger partial charge in [0.1, 0.15) is 18.7 Å². The summed E-state index contributed by atoms with van der Waals surface area (Å²) in [4.78, 5) is 0. The number of hydrogen-bond acceptors (Lipinski definition) is 7. The van der Waals surface area contributed by atoms with E-state index in [-0.39, 0.29) is 0 Å². The largest absolute Gasteiger partial charge is 0.493 e. The Morgan fingerprint density at radius 1 is 1.37 bits per heavy atom. The van der Waals surface area contributed by atoms with Crippen molar-refractivity contribution in [3.8, 4) is 17.2 Å². The molecule has 0 spiro atoms. The summed E-state index contributed by atoms with van der Waals surface area (Å²) in [5.74, 6) is 2.08. The maximum Gasteiger partial charge on any atom is 0.205 e. The van der Waals surface area contributed by atoms with Gasteiger partial charge in [-0.3, -0.25) is 0 Å². The molecule has 3 rings (SSSR count). The molecule has 2 aromatic rings. The number of ether oxygens (including phenoxy) is 3. The van der Waals surface area contributed by atoms with Gasteiger partial charge in [0.25, 0.3) is 0 Å². The molecule has 0 aliphatic carbocycles. The Balaban J connectivity index is 1.81. The smallest absolute Gasteiger partial charge is 0.205 e. The number of benzene rings is 1. The Kier molecular flexibility index (Phi) is 3.37. The maximum absolute atomic E-state index is 5.59. The van der Waals surface area contributed by atoms with Crippen LogP contribution in [0.3, 0.4) is 0 Å². The first-order valence-electron chi connectivity index (χ1n) is 5.83. The van der Waals surface area contributed by atoms with Gasteiger partial charge in [-0.25, -0.2) is 0 Å². The van der Waals surface area contributed by atoms with E-state index >= 15 is 0 Å². The third-order valence-electron chi connectivity index (χ3n) is 2.69.